The summed E-state index contributed by atoms with van der Waals surface area (Å²) in [5, 5.41) is 0. The maximum atomic E-state index is 12.8. The first kappa shape index (κ1) is 17.0. The number of benzene rings is 1. The van der Waals surface area contributed by atoms with Crippen LogP contribution in [0.2, 0.25) is 0 Å². The number of aromatic nitrogens is 2. The maximum Gasteiger partial charge on any atom is 0.417 e. The van der Waals surface area contributed by atoms with Crippen LogP contribution in [0, 0.1) is 0 Å². The molecule has 3 aromatic rings. The molecule has 2 aromatic heterocycles. The fourth-order valence-corrected chi connectivity index (χ4v) is 3.26. The molecule has 0 atom stereocenters. The molecule has 3 heterocycles. The lowest BCUT2D eigenvalue weighted by Gasteiger charge is -2.22. The number of amides is 2. The highest BCUT2D eigenvalue weighted by atomic mass is 16.4. The molecule has 0 aliphatic carbocycles. The highest BCUT2D eigenvalue weighted by Crippen LogP contribution is 2.16. The van der Waals surface area contributed by atoms with E-state index in [1.54, 1.807) is 52.5 Å². The van der Waals surface area contributed by atoms with Crippen molar-refractivity contribution in [1.82, 2.24) is 19.8 Å². The molecule has 0 saturated carbocycles. The first-order valence-corrected chi connectivity index (χ1v) is 8.73. The van der Waals surface area contributed by atoms with E-state index in [9.17, 15) is 14.4 Å². The molecule has 27 heavy (non-hydrogen) atoms. The Morgan fingerprint density at radius 3 is 2.30 bits per heavy atom. The normalized spacial score (nSPS) is 15.0. The van der Waals surface area contributed by atoms with Gasteiger partial charge in [0.15, 0.2) is 5.58 Å². The van der Waals surface area contributed by atoms with Gasteiger partial charge in [0.1, 0.15) is 0 Å². The van der Waals surface area contributed by atoms with Crippen molar-refractivity contribution < 1.29 is 14.0 Å². The van der Waals surface area contributed by atoms with Crippen molar-refractivity contribution in [3.8, 4) is 0 Å². The summed E-state index contributed by atoms with van der Waals surface area (Å²) >= 11 is 0. The highest BCUT2D eigenvalue weighted by Gasteiger charge is 2.24. The topological polar surface area (TPSA) is 99.5 Å². The van der Waals surface area contributed by atoms with E-state index < -0.39 is 5.76 Å². The van der Waals surface area contributed by atoms with E-state index in [1.165, 1.54) is 0 Å². The SMILES string of the molecule is O=C(c1ccncc1)N1CCCN(C(=O)c2ccc3[nH]c(=O)oc3c2)CC1. The molecular weight excluding hydrogens is 348 g/mol. The second-order valence-electron chi connectivity index (χ2n) is 6.40. The molecule has 1 aromatic carbocycles. The van der Waals surface area contributed by atoms with E-state index in [4.69, 9.17) is 4.42 Å². The van der Waals surface area contributed by atoms with Crippen molar-refractivity contribution in [1.29, 1.82) is 0 Å². The van der Waals surface area contributed by atoms with Gasteiger partial charge in [-0.25, -0.2) is 4.79 Å². The maximum absolute atomic E-state index is 12.8. The van der Waals surface area contributed by atoms with Crippen LogP contribution in [0.5, 0.6) is 0 Å². The summed E-state index contributed by atoms with van der Waals surface area (Å²) in [5.41, 5.74) is 1.97. The van der Waals surface area contributed by atoms with Gasteiger partial charge < -0.3 is 14.2 Å². The standard InChI is InChI=1S/C19H18N4O4/c24-17(13-4-6-20-7-5-13)22-8-1-9-23(11-10-22)18(25)14-2-3-15-16(12-14)27-19(26)21-15/h2-7,12H,1,8-11H2,(H,21,26). The molecule has 2 amide bonds. The third-order valence-electron chi connectivity index (χ3n) is 4.67. The van der Waals surface area contributed by atoms with Crippen LogP contribution < -0.4 is 5.76 Å². The lowest BCUT2D eigenvalue weighted by molar-refractivity contribution is 0.0718. The van der Waals surface area contributed by atoms with Gasteiger partial charge in [0, 0.05) is 49.7 Å². The van der Waals surface area contributed by atoms with Crippen molar-refractivity contribution in [3.63, 3.8) is 0 Å². The number of H-pyrrole nitrogens is 1. The van der Waals surface area contributed by atoms with Gasteiger partial charge in [-0.3, -0.25) is 19.6 Å². The average molecular weight is 366 g/mol. The van der Waals surface area contributed by atoms with Gasteiger partial charge in [-0.15, -0.1) is 0 Å². The molecule has 8 nitrogen and oxygen atoms in total. The van der Waals surface area contributed by atoms with Crippen LogP contribution in [0.15, 0.2) is 51.9 Å². The predicted molar refractivity (Wildman–Crippen MR) is 97.5 cm³/mol. The van der Waals surface area contributed by atoms with E-state index in [1.807, 2.05) is 0 Å². The minimum absolute atomic E-state index is 0.0535. The van der Waals surface area contributed by atoms with Crippen LogP contribution in [0.1, 0.15) is 27.1 Å². The third-order valence-corrected chi connectivity index (χ3v) is 4.67. The van der Waals surface area contributed by atoms with Crippen LogP contribution in [0.25, 0.3) is 11.1 Å². The zero-order valence-electron chi connectivity index (χ0n) is 14.6. The summed E-state index contributed by atoms with van der Waals surface area (Å²) in [6.07, 6.45) is 3.89. The van der Waals surface area contributed by atoms with Gasteiger partial charge in [-0.05, 0) is 36.8 Å². The fourth-order valence-electron chi connectivity index (χ4n) is 3.26. The van der Waals surface area contributed by atoms with Crippen LogP contribution >= 0.6 is 0 Å². The molecule has 4 rings (SSSR count). The minimum Gasteiger partial charge on any atom is -0.408 e. The Labute approximate surface area is 154 Å². The number of aromatic amines is 1. The predicted octanol–water partition coefficient (Wildman–Crippen LogP) is 1.50. The van der Waals surface area contributed by atoms with E-state index in [-0.39, 0.29) is 11.8 Å². The summed E-state index contributed by atoms with van der Waals surface area (Å²) in [6.45, 7) is 2.07. The number of nitrogens with one attached hydrogen (secondary N) is 1. The Hall–Kier alpha value is -3.42. The molecule has 0 unspecified atom stereocenters. The Bertz CT molecular complexity index is 1040. The molecule has 0 radical (unpaired) electrons. The van der Waals surface area contributed by atoms with E-state index in [0.29, 0.717) is 54.8 Å². The molecule has 138 valence electrons. The number of carbonyl (C=O) groups excluding carboxylic acids is 2. The van der Waals surface area contributed by atoms with Crippen molar-refractivity contribution in [3.05, 3.63) is 64.4 Å². The van der Waals surface area contributed by atoms with Gasteiger partial charge in [0.05, 0.1) is 5.52 Å². The first-order chi connectivity index (χ1) is 13.1. The molecule has 1 aliphatic rings. The summed E-state index contributed by atoms with van der Waals surface area (Å²) < 4.78 is 5.03. The first-order valence-electron chi connectivity index (χ1n) is 8.73. The van der Waals surface area contributed by atoms with Crippen LogP contribution in [0.4, 0.5) is 0 Å². The van der Waals surface area contributed by atoms with Gasteiger partial charge in [0.25, 0.3) is 11.8 Å². The zero-order valence-corrected chi connectivity index (χ0v) is 14.6. The van der Waals surface area contributed by atoms with Crippen LogP contribution in [0.3, 0.4) is 0 Å². The van der Waals surface area contributed by atoms with Crippen molar-refractivity contribution in [2.45, 2.75) is 6.42 Å². The Kier molecular flexibility index (Phi) is 4.45. The average Bonchev–Trinajstić information content (AvgIpc) is 2.90. The van der Waals surface area contributed by atoms with Crippen LogP contribution in [-0.4, -0.2) is 57.8 Å². The third kappa shape index (κ3) is 3.46. The van der Waals surface area contributed by atoms with Gasteiger partial charge in [-0.2, -0.15) is 0 Å². The lowest BCUT2D eigenvalue weighted by atomic mass is 10.1. The van der Waals surface area contributed by atoms with Gasteiger partial charge in [0.2, 0.25) is 0 Å². The summed E-state index contributed by atoms with van der Waals surface area (Å²) in [6, 6.07) is 8.28. The fraction of sp³-hybridized carbons (Fsp3) is 0.263. The smallest absolute Gasteiger partial charge is 0.408 e. The monoisotopic (exact) mass is 366 g/mol. The number of rotatable bonds is 2. The summed E-state index contributed by atoms with van der Waals surface area (Å²) in [7, 11) is 0. The molecular formula is C19H18N4O4. The van der Waals surface area contributed by atoms with Gasteiger partial charge in [-0.1, -0.05) is 0 Å². The number of pyridine rings is 1. The zero-order chi connectivity index (χ0) is 18.8. The van der Waals surface area contributed by atoms with Crippen LogP contribution in [-0.2, 0) is 0 Å². The number of nitrogens with zero attached hydrogens (tertiary/aromatic N) is 3. The quantitative estimate of drug-likeness (QED) is 0.741. The molecule has 8 heteroatoms. The Morgan fingerprint density at radius 1 is 0.926 bits per heavy atom. The van der Waals surface area contributed by atoms with E-state index in [0.717, 1.165) is 0 Å². The number of hydrogen-bond donors (Lipinski definition) is 1. The molecule has 1 N–H and O–H groups in total. The Morgan fingerprint density at radius 2 is 1.59 bits per heavy atom. The number of carbonyl (C=O) groups is 2. The molecule has 0 bridgehead atoms. The molecule has 1 aliphatic heterocycles. The van der Waals surface area contributed by atoms with Gasteiger partial charge >= 0.3 is 5.76 Å². The van der Waals surface area contributed by atoms with E-state index in [2.05, 4.69) is 9.97 Å². The second-order valence-corrected chi connectivity index (χ2v) is 6.40. The molecule has 1 saturated heterocycles. The Balaban J connectivity index is 1.47. The molecule has 1 fully saturated rings. The van der Waals surface area contributed by atoms with E-state index >= 15 is 0 Å². The van der Waals surface area contributed by atoms with Crippen molar-refractivity contribution in [2.24, 2.45) is 0 Å². The van der Waals surface area contributed by atoms with Crippen molar-refractivity contribution >= 4 is 22.9 Å². The molecule has 0 spiro atoms. The lowest BCUT2D eigenvalue weighted by Crippen LogP contribution is -2.37. The summed E-state index contributed by atoms with van der Waals surface area (Å²) in [5.74, 6) is -0.740. The summed E-state index contributed by atoms with van der Waals surface area (Å²) in [4.78, 5) is 46.7. The second kappa shape index (κ2) is 7.06. The highest BCUT2D eigenvalue weighted by molar-refractivity contribution is 5.97. The number of hydrogen-bond acceptors (Lipinski definition) is 5. The minimum atomic E-state index is -0.547. The number of oxazole rings is 1. The number of fused-ring (bicyclic) bond motifs is 1. The largest absolute Gasteiger partial charge is 0.417 e. The van der Waals surface area contributed by atoms with Crippen molar-refractivity contribution in [2.75, 3.05) is 26.2 Å².